The highest BCUT2D eigenvalue weighted by Crippen LogP contribution is 2.33. The molecule has 1 aliphatic carbocycles. The summed E-state index contributed by atoms with van der Waals surface area (Å²) in [6, 6.07) is 1.11. The van der Waals surface area contributed by atoms with Gasteiger partial charge < -0.3 is 15.5 Å². The van der Waals surface area contributed by atoms with Crippen LogP contribution in [0, 0.1) is 5.92 Å². The Morgan fingerprint density at radius 3 is 2.78 bits per heavy atom. The predicted molar refractivity (Wildman–Crippen MR) is 71.3 cm³/mol. The Hall–Kier alpha value is -0.610. The van der Waals surface area contributed by atoms with Crippen LogP contribution in [0.1, 0.15) is 38.5 Å². The minimum Gasteiger partial charge on any atom is -0.340 e. The molecule has 4 unspecified atom stereocenters. The standard InChI is InChI=1S/C14H25N3O/c1-17(11-6-7-15-9-11)14(18)13-8-10-4-2-3-5-12(10)16-13/h10-13,15-16H,2-9H2,1H3. The van der Waals surface area contributed by atoms with E-state index in [1.165, 1.54) is 25.7 Å². The van der Waals surface area contributed by atoms with E-state index in [1.807, 2.05) is 11.9 Å². The Morgan fingerprint density at radius 1 is 1.22 bits per heavy atom. The maximum absolute atomic E-state index is 12.5. The van der Waals surface area contributed by atoms with Crippen molar-refractivity contribution in [1.82, 2.24) is 15.5 Å². The van der Waals surface area contributed by atoms with Gasteiger partial charge in [-0.2, -0.15) is 0 Å². The molecule has 102 valence electrons. The van der Waals surface area contributed by atoms with E-state index in [2.05, 4.69) is 10.6 Å². The summed E-state index contributed by atoms with van der Waals surface area (Å²) < 4.78 is 0. The minimum absolute atomic E-state index is 0.0868. The van der Waals surface area contributed by atoms with Crippen LogP contribution in [-0.2, 0) is 4.79 Å². The SMILES string of the molecule is CN(C(=O)C1CC2CCCCC2N1)C1CCNC1. The Balaban J connectivity index is 1.59. The zero-order chi connectivity index (χ0) is 12.5. The van der Waals surface area contributed by atoms with Gasteiger partial charge in [0.1, 0.15) is 0 Å². The number of fused-ring (bicyclic) bond motifs is 1. The fraction of sp³-hybridized carbons (Fsp3) is 0.929. The molecule has 0 aromatic heterocycles. The lowest BCUT2D eigenvalue weighted by Crippen LogP contribution is -2.48. The molecule has 0 aromatic rings. The molecule has 2 saturated heterocycles. The first-order valence-electron chi connectivity index (χ1n) is 7.49. The van der Waals surface area contributed by atoms with Gasteiger partial charge in [0.15, 0.2) is 0 Å². The van der Waals surface area contributed by atoms with E-state index in [9.17, 15) is 4.79 Å². The second kappa shape index (κ2) is 5.17. The van der Waals surface area contributed by atoms with E-state index in [-0.39, 0.29) is 6.04 Å². The second-order valence-corrected chi connectivity index (χ2v) is 6.20. The van der Waals surface area contributed by atoms with Crippen LogP contribution in [0.15, 0.2) is 0 Å². The molecule has 3 aliphatic rings. The summed E-state index contributed by atoms with van der Waals surface area (Å²) >= 11 is 0. The number of nitrogens with one attached hydrogen (secondary N) is 2. The third-order valence-electron chi connectivity index (χ3n) is 5.09. The Kier molecular flexibility index (Phi) is 3.57. The highest BCUT2D eigenvalue weighted by molar-refractivity contribution is 5.82. The van der Waals surface area contributed by atoms with E-state index >= 15 is 0 Å². The molecule has 2 aliphatic heterocycles. The molecule has 0 radical (unpaired) electrons. The number of hydrogen-bond donors (Lipinski definition) is 2. The van der Waals surface area contributed by atoms with Crippen LogP contribution < -0.4 is 10.6 Å². The molecule has 2 heterocycles. The summed E-state index contributed by atoms with van der Waals surface area (Å²) in [5.41, 5.74) is 0. The van der Waals surface area contributed by atoms with Crippen molar-refractivity contribution in [1.29, 1.82) is 0 Å². The fourth-order valence-electron chi connectivity index (χ4n) is 3.91. The summed E-state index contributed by atoms with van der Waals surface area (Å²) in [6.45, 7) is 2.01. The normalized spacial score (nSPS) is 39.6. The van der Waals surface area contributed by atoms with Gasteiger partial charge in [-0.15, -0.1) is 0 Å². The zero-order valence-electron chi connectivity index (χ0n) is 11.3. The van der Waals surface area contributed by atoms with Crippen LogP contribution in [-0.4, -0.2) is 49.1 Å². The van der Waals surface area contributed by atoms with Gasteiger partial charge in [0, 0.05) is 25.7 Å². The van der Waals surface area contributed by atoms with Gasteiger partial charge >= 0.3 is 0 Å². The Labute approximate surface area is 109 Å². The van der Waals surface area contributed by atoms with Gasteiger partial charge in [-0.1, -0.05) is 12.8 Å². The number of nitrogens with zero attached hydrogens (tertiary/aromatic N) is 1. The molecule has 3 fully saturated rings. The van der Waals surface area contributed by atoms with E-state index in [0.717, 1.165) is 31.8 Å². The van der Waals surface area contributed by atoms with Crippen molar-refractivity contribution in [3.05, 3.63) is 0 Å². The molecule has 0 spiro atoms. The Morgan fingerprint density at radius 2 is 2.06 bits per heavy atom. The fourth-order valence-corrected chi connectivity index (χ4v) is 3.91. The van der Waals surface area contributed by atoms with Crippen LogP contribution in [0.4, 0.5) is 0 Å². The second-order valence-electron chi connectivity index (χ2n) is 6.20. The van der Waals surface area contributed by atoms with Crippen LogP contribution in [0.25, 0.3) is 0 Å². The third kappa shape index (κ3) is 2.28. The van der Waals surface area contributed by atoms with Crippen molar-refractivity contribution in [3.63, 3.8) is 0 Å². The van der Waals surface area contributed by atoms with Crippen LogP contribution in [0.3, 0.4) is 0 Å². The maximum atomic E-state index is 12.5. The number of carbonyl (C=O) groups excluding carboxylic acids is 1. The average Bonchev–Trinajstić information content (AvgIpc) is 3.05. The monoisotopic (exact) mass is 251 g/mol. The average molecular weight is 251 g/mol. The number of rotatable bonds is 2. The van der Waals surface area contributed by atoms with Gasteiger partial charge in [-0.25, -0.2) is 0 Å². The van der Waals surface area contributed by atoms with Crippen molar-refractivity contribution in [2.45, 2.75) is 56.7 Å². The van der Waals surface area contributed by atoms with E-state index in [1.54, 1.807) is 0 Å². The molecule has 2 N–H and O–H groups in total. The third-order valence-corrected chi connectivity index (χ3v) is 5.09. The van der Waals surface area contributed by atoms with E-state index < -0.39 is 0 Å². The molecular formula is C14H25N3O. The molecule has 4 heteroatoms. The first-order chi connectivity index (χ1) is 8.75. The molecule has 3 rings (SSSR count). The summed E-state index contributed by atoms with van der Waals surface area (Å²) in [7, 11) is 1.98. The summed E-state index contributed by atoms with van der Waals surface area (Å²) in [5.74, 6) is 1.07. The molecule has 0 bridgehead atoms. The van der Waals surface area contributed by atoms with Crippen molar-refractivity contribution in [2.24, 2.45) is 5.92 Å². The summed E-state index contributed by atoms with van der Waals surface area (Å²) in [6.07, 6.45) is 7.43. The van der Waals surface area contributed by atoms with Crippen molar-refractivity contribution >= 4 is 5.91 Å². The number of amides is 1. The van der Waals surface area contributed by atoms with Gasteiger partial charge in [-0.3, -0.25) is 4.79 Å². The molecule has 1 amide bonds. The highest BCUT2D eigenvalue weighted by Gasteiger charge is 2.40. The topological polar surface area (TPSA) is 44.4 Å². The number of hydrogen-bond acceptors (Lipinski definition) is 3. The Bertz CT molecular complexity index is 300. The van der Waals surface area contributed by atoms with Crippen LogP contribution in [0.2, 0.25) is 0 Å². The quantitative estimate of drug-likeness (QED) is 0.760. The van der Waals surface area contributed by atoms with Gasteiger partial charge in [-0.05, 0) is 38.1 Å². The first kappa shape index (κ1) is 12.4. The van der Waals surface area contributed by atoms with Gasteiger partial charge in [0.05, 0.1) is 6.04 Å². The molecule has 4 nitrogen and oxygen atoms in total. The van der Waals surface area contributed by atoms with Crippen LogP contribution in [0.5, 0.6) is 0 Å². The predicted octanol–water partition coefficient (Wildman–Crippen LogP) is 0.727. The van der Waals surface area contributed by atoms with Crippen LogP contribution >= 0.6 is 0 Å². The summed E-state index contributed by atoms with van der Waals surface area (Å²) in [4.78, 5) is 14.5. The van der Waals surface area contributed by atoms with E-state index in [0.29, 0.717) is 18.0 Å². The minimum atomic E-state index is 0.0868. The number of carbonyl (C=O) groups is 1. The largest absolute Gasteiger partial charge is 0.340 e. The molecule has 4 atom stereocenters. The lowest BCUT2D eigenvalue weighted by molar-refractivity contribution is -0.133. The first-order valence-corrected chi connectivity index (χ1v) is 7.49. The lowest BCUT2D eigenvalue weighted by atomic mass is 9.85. The smallest absolute Gasteiger partial charge is 0.239 e. The summed E-state index contributed by atoms with van der Waals surface area (Å²) in [5, 5.41) is 6.92. The highest BCUT2D eigenvalue weighted by atomic mass is 16.2. The molecule has 0 aromatic carbocycles. The van der Waals surface area contributed by atoms with Crippen molar-refractivity contribution in [2.75, 3.05) is 20.1 Å². The van der Waals surface area contributed by atoms with Gasteiger partial charge in [0.2, 0.25) is 5.91 Å². The van der Waals surface area contributed by atoms with Crippen molar-refractivity contribution in [3.8, 4) is 0 Å². The van der Waals surface area contributed by atoms with Crippen molar-refractivity contribution < 1.29 is 4.79 Å². The maximum Gasteiger partial charge on any atom is 0.239 e. The molecule has 1 saturated carbocycles. The lowest BCUT2D eigenvalue weighted by Gasteiger charge is -2.27. The van der Waals surface area contributed by atoms with Gasteiger partial charge in [0.25, 0.3) is 0 Å². The van der Waals surface area contributed by atoms with E-state index in [4.69, 9.17) is 0 Å². The molecule has 18 heavy (non-hydrogen) atoms. The number of likely N-dealkylation sites (N-methyl/N-ethyl adjacent to an activating group) is 1. The zero-order valence-corrected chi connectivity index (χ0v) is 11.3. The molecular weight excluding hydrogens is 226 g/mol.